The average molecular weight is 134 g/mol. The molecule has 0 radical (unpaired) electrons. The maximum absolute atomic E-state index is 10.4. The lowest BCUT2D eigenvalue weighted by atomic mass is 10.4. The first-order valence-electron chi connectivity index (χ1n) is 2.22. The van der Waals surface area contributed by atoms with Gasteiger partial charge in [-0.1, -0.05) is 0 Å². The van der Waals surface area contributed by atoms with Crippen LogP contribution in [-0.4, -0.2) is 19.3 Å². The highest BCUT2D eigenvalue weighted by atomic mass is 32.2. The molecule has 0 unspecified atom stereocenters. The van der Waals surface area contributed by atoms with E-state index < -0.39 is 9.84 Å². The van der Waals surface area contributed by atoms with Crippen LogP contribution in [0.2, 0.25) is 0 Å². The Hall–Kier alpha value is -0.510. The zero-order chi connectivity index (χ0) is 6.20. The van der Waals surface area contributed by atoms with Gasteiger partial charge in [0.05, 0.1) is 11.2 Å². The predicted octanol–water partition coefficient (Wildman–Crippen LogP) is 0.204. The summed E-state index contributed by atoms with van der Waals surface area (Å²) in [7, 11) is -3.01. The summed E-state index contributed by atoms with van der Waals surface area (Å²) in [6.45, 7) is 0. The van der Waals surface area contributed by atoms with E-state index in [1.165, 1.54) is 0 Å². The lowest BCUT2D eigenvalue weighted by molar-refractivity contribution is 0.400. The quantitative estimate of drug-likeness (QED) is 0.515. The van der Waals surface area contributed by atoms with Crippen molar-refractivity contribution in [2.75, 3.05) is 5.75 Å². The van der Waals surface area contributed by atoms with Crippen molar-refractivity contribution in [3.05, 3.63) is 11.2 Å². The van der Waals surface area contributed by atoms with Crippen molar-refractivity contribution in [3.8, 4) is 0 Å². The largest absolute Gasteiger partial charge is 0.512 e. The Balaban J connectivity index is 3.00. The van der Waals surface area contributed by atoms with E-state index in [2.05, 4.69) is 0 Å². The van der Waals surface area contributed by atoms with Gasteiger partial charge < -0.3 is 5.11 Å². The zero-order valence-electron chi connectivity index (χ0n) is 4.16. The molecule has 1 aliphatic rings. The summed E-state index contributed by atoms with van der Waals surface area (Å²) >= 11 is 0. The van der Waals surface area contributed by atoms with Crippen molar-refractivity contribution in [2.24, 2.45) is 0 Å². The Morgan fingerprint density at radius 2 is 2.25 bits per heavy atom. The average Bonchev–Trinajstić information content (AvgIpc) is 1.82. The molecule has 3 nitrogen and oxygen atoms in total. The molecular weight excluding hydrogens is 128 g/mol. The van der Waals surface area contributed by atoms with Gasteiger partial charge in [-0.3, -0.25) is 0 Å². The van der Waals surface area contributed by atoms with E-state index >= 15 is 0 Å². The van der Waals surface area contributed by atoms with Gasteiger partial charge in [0.25, 0.3) is 0 Å². The molecule has 0 aromatic heterocycles. The SMILES string of the molecule is O=S1(=O)C=C(O)CC1. The number of hydrogen-bond acceptors (Lipinski definition) is 3. The first-order valence-corrected chi connectivity index (χ1v) is 3.94. The van der Waals surface area contributed by atoms with Gasteiger partial charge in [0.2, 0.25) is 0 Å². The first kappa shape index (κ1) is 5.62. The molecule has 1 rings (SSSR count). The number of sulfone groups is 1. The lowest BCUT2D eigenvalue weighted by Crippen LogP contribution is -1.92. The van der Waals surface area contributed by atoms with Crippen LogP contribution in [0.15, 0.2) is 11.2 Å². The molecule has 0 saturated carbocycles. The first-order chi connectivity index (χ1) is 3.60. The molecule has 0 atom stereocenters. The smallest absolute Gasteiger partial charge is 0.175 e. The predicted molar refractivity (Wildman–Crippen MR) is 29.1 cm³/mol. The van der Waals surface area contributed by atoms with Gasteiger partial charge in [-0.25, -0.2) is 8.42 Å². The molecule has 0 aliphatic carbocycles. The van der Waals surface area contributed by atoms with Gasteiger partial charge in [-0.15, -0.1) is 0 Å². The fraction of sp³-hybridized carbons (Fsp3) is 0.500. The Morgan fingerprint density at radius 3 is 2.38 bits per heavy atom. The molecular formula is C4H6O3S. The Morgan fingerprint density at radius 1 is 1.62 bits per heavy atom. The van der Waals surface area contributed by atoms with Crippen LogP contribution >= 0.6 is 0 Å². The van der Waals surface area contributed by atoms with Crippen molar-refractivity contribution in [1.29, 1.82) is 0 Å². The third kappa shape index (κ3) is 1.01. The van der Waals surface area contributed by atoms with E-state index in [0.717, 1.165) is 5.41 Å². The van der Waals surface area contributed by atoms with Crippen LogP contribution in [0.25, 0.3) is 0 Å². The summed E-state index contributed by atoms with van der Waals surface area (Å²) in [6, 6.07) is 0. The van der Waals surface area contributed by atoms with Crippen LogP contribution < -0.4 is 0 Å². The van der Waals surface area contributed by atoms with E-state index in [0.29, 0.717) is 0 Å². The number of hydrogen-bond donors (Lipinski definition) is 1. The Bertz CT molecular complexity index is 211. The second-order valence-electron chi connectivity index (χ2n) is 1.73. The van der Waals surface area contributed by atoms with Crippen LogP contribution in [0.3, 0.4) is 0 Å². The lowest BCUT2D eigenvalue weighted by Gasteiger charge is -1.79. The Labute approximate surface area is 47.6 Å². The highest BCUT2D eigenvalue weighted by molar-refractivity contribution is 7.94. The fourth-order valence-electron chi connectivity index (χ4n) is 0.572. The molecule has 8 heavy (non-hydrogen) atoms. The normalized spacial score (nSPS) is 25.2. The van der Waals surface area contributed by atoms with Gasteiger partial charge in [0.1, 0.15) is 5.76 Å². The van der Waals surface area contributed by atoms with Crippen LogP contribution in [0.4, 0.5) is 0 Å². The highest BCUT2D eigenvalue weighted by Crippen LogP contribution is 2.12. The molecule has 1 heterocycles. The topological polar surface area (TPSA) is 54.4 Å². The van der Waals surface area contributed by atoms with E-state index in [-0.39, 0.29) is 17.9 Å². The number of aliphatic hydroxyl groups is 1. The molecule has 0 fully saturated rings. The molecule has 0 saturated heterocycles. The molecule has 0 aromatic rings. The standard InChI is InChI=1S/C4H6O3S/c5-4-1-2-8(6,7)3-4/h3,5H,1-2H2. The highest BCUT2D eigenvalue weighted by Gasteiger charge is 2.16. The third-order valence-electron chi connectivity index (χ3n) is 0.958. The van der Waals surface area contributed by atoms with Gasteiger partial charge >= 0.3 is 0 Å². The number of allylic oxidation sites excluding steroid dienone is 1. The monoisotopic (exact) mass is 134 g/mol. The summed E-state index contributed by atoms with van der Waals surface area (Å²) in [6.07, 6.45) is 0.280. The zero-order valence-corrected chi connectivity index (χ0v) is 4.98. The van der Waals surface area contributed by atoms with Gasteiger partial charge in [0, 0.05) is 6.42 Å². The second-order valence-corrected chi connectivity index (χ2v) is 3.70. The molecule has 1 aliphatic heterocycles. The van der Waals surface area contributed by atoms with E-state index in [4.69, 9.17) is 5.11 Å². The van der Waals surface area contributed by atoms with E-state index in [1.807, 2.05) is 0 Å². The molecule has 0 amide bonds. The van der Waals surface area contributed by atoms with Crippen molar-refractivity contribution >= 4 is 9.84 Å². The molecule has 46 valence electrons. The van der Waals surface area contributed by atoms with E-state index in [1.54, 1.807) is 0 Å². The number of aliphatic hydroxyl groups excluding tert-OH is 1. The summed E-state index contributed by atoms with van der Waals surface area (Å²) in [5, 5.41) is 9.46. The minimum atomic E-state index is -3.01. The Kier molecular flexibility index (Phi) is 1.04. The fourth-order valence-corrected chi connectivity index (χ4v) is 1.72. The van der Waals surface area contributed by atoms with Crippen molar-refractivity contribution in [1.82, 2.24) is 0 Å². The van der Waals surface area contributed by atoms with Gasteiger partial charge in [-0.2, -0.15) is 0 Å². The summed E-state index contributed by atoms with van der Waals surface area (Å²) in [5.74, 6) is 0.0451. The second kappa shape index (κ2) is 1.48. The van der Waals surface area contributed by atoms with Crippen molar-refractivity contribution in [2.45, 2.75) is 6.42 Å². The van der Waals surface area contributed by atoms with Gasteiger partial charge in [0.15, 0.2) is 9.84 Å². The summed E-state index contributed by atoms with van der Waals surface area (Å²) in [5.41, 5.74) is 0. The molecule has 0 aromatic carbocycles. The molecule has 1 N–H and O–H groups in total. The van der Waals surface area contributed by atoms with Crippen molar-refractivity contribution in [3.63, 3.8) is 0 Å². The molecule has 4 heteroatoms. The van der Waals surface area contributed by atoms with Gasteiger partial charge in [-0.05, 0) is 0 Å². The van der Waals surface area contributed by atoms with Crippen LogP contribution in [0.5, 0.6) is 0 Å². The third-order valence-corrected chi connectivity index (χ3v) is 2.36. The van der Waals surface area contributed by atoms with E-state index in [9.17, 15) is 8.42 Å². The summed E-state index contributed by atoms with van der Waals surface area (Å²) in [4.78, 5) is 0. The molecule has 0 bridgehead atoms. The van der Waals surface area contributed by atoms with Crippen LogP contribution in [0, 0.1) is 0 Å². The molecule has 0 spiro atoms. The maximum Gasteiger partial charge on any atom is 0.175 e. The minimum absolute atomic E-state index is 0.0231. The van der Waals surface area contributed by atoms with Crippen LogP contribution in [-0.2, 0) is 9.84 Å². The van der Waals surface area contributed by atoms with Crippen LogP contribution in [0.1, 0.15) is 6.42 Å². The van der Waals surface area contributed by atoms with Crippen molar-refractivity contribution < 1.29 is 13.5 Å². The summed E-state index contributed by atoms with van der Waals surface area (Å²) < 4.78 is 20.8. The minimum Gasteiger partial charge on any atom is -0.512 e. The maximum atomic E-state index is 10.4. The number of rotatable bonds is 0.